The van der Waals surface area contributed by atoms with Gasteiger partial charge in [-0.05, 0) is 32.1 Å². The molecule has 2 heteroatoms. The fraction of sp³-hybridized carbons (Fsp3) is 0.857. The highest BCUT2D eigenvalue weighted by atomic mass is 16.1. The fourth-order valence-electron chi connectivity index (χ4n) is 2.87. The molecular formula is C14H23NO. The lowest BCUT2D eigenvalue weighted by molar-refractivity contribution is -0.122. The molecule has 0 bridgehead atoms. The summed E-state index contributed by atoms with van der Waals surface area (Å²) in [5, 5.41) is 0. The largest absolute Gasteiger partial charge is 0.299 e. The molecule has 1 unspecified atom stereocenters. The Balaban J connectivity index is 2.00. The normalized spacial score (nSPS) is 28.9. The Labute approximate surface area is 98.5 Å². The number of hydrogen-bond acceptors (Lipinski definition) is 2. The molecule has 1 aliphatic carbocycles. The van der Waals surface area contributed by atoms with E-state index in [0.29, 0.717) is 5.78 Å². The number of rotatable bonds is 1. The summed E-state index contributed by atoms with van der Waals surface area (Å²) < 4.78 is 0. The summed E-state index contributed by atoms with van der Waals surface area (Å²) in [6.45, 7) is 0.957. The number of hydrogen-bond donors (Lipinski definition) is 0. The minimum atomic E-state index is 0.201. The molecule has 1 saturated carbocycles. The summed E-state index contributed by atoms with van der Waals surface area (Å²) >= 11 is 0. The van der Waals surface area contributed by atoms with Crippen LogP contribution in [0.5, 0.6) is 0 Å². The first-order valence-corrected chi connectivity index (χ1v) is 6.94. The van der Waals surface area contributed by atoms with Crippen molar-refractivity contribution >= 4 is 11.5 Å². The molecule has 0 radical (unpaired) electrons. The van der Waals surface area contributed by atoms with E-state index in [0.717, 1.165) is 32.2 Å². The number of carbonyl (C=O) groups is 1. The zero-order chi connectivity index (χ0) is 11.2. The minimum Gasteiger partial charge on any atom is -0.299 e. The van der Waals surface area contributed by atoms with Crippen LogP contribution in [0.1, 0.15) is 64.2 Å². The molecule has 2 nitrogen and oxygen atoms in total. The van der Waals surface area contributed by atoms with Gasteiger partial charge in [-0.25, -0.2) is 0 Å². The topological polar surface area (TPSA) is 29.4 Å². The van der Waals surface area contributed by atoms with Crippen LogP contribution >= 0.6 is 0 Å². The van der Waals surface area contributed by atoms with Crippen molar-refractivity contribution in [3.63, 3.8) is 0 Å². The third-order valence-electron chi connectivity index (χ3n) is 3.86. The van der Waals surface area contributed by atoms with Crippen molar-refractivity contribution in [2.45, 2.75) is 64.2 Å². The van der Waals surface area contributed by atoms with E-state index in [-0.39, 0.29) is 5.92 Å². The second-order valence-electron chi connectivity index (χ2n) is 5.16. The van der Waals surface area contributed by atoms with Crippen molar-refractivity contribution in [3.05, 3.63) is 0 Å². The van der Waals surface area contributed by atoms with Crippen LogP contribution in [-0.4, -0.2) is 18.0 Å². The predicted octanol–water partition coefficient (Wildman–Crippen LogP) is 3.54. The van der Waals surface area contributed by atoms with Crippen LogP contribution in [0.3, 0.4) is 0 Å². The van der Waals surface area contributed by atoms with Crippen molar-refractivity contribution in [3.8, 4) is 0 Å². The Morgan fingerprint density at radius 1 is 0.875 bits per heavy atom. The molecule has 1 fully saturated rings. The van der Waals surface area contributed by atoms with E-state index < -0.39 is 0 Å². The first-order chi connectivity index (χ1) is 7.88. The maximum atomic E-state index is 11.9. The predicted molar refractivity (Wildman–Crippen MR) is 67.0 cm³/mol. The van der Waals surface area contributed by atoms with Crippen molar-refractivity contribution < 1.29 is 4.79 Å². The second kappa shape index (κ2) is 6.17. The highest BCUT2D eigenvalue weighted by molar-refractivity contribution is 6.05. The Morgan fingerprint density at radius 2 is 1.62 bits per heavy atom. The molecule has 0 aromatic carbocycles. The summed E-state index contributed by atoms with van der Waals surface area (Å²) in [6, 6.07) is 0. The summed E-state index contributed by atoms with van der Waals surface area (Å²) in [5.74, 6) is 0.663. The van der Waals surface area contributed by atoms with Crippen LogP contribution in [0.4, 0.5) is 0 Å². The van der Waals surface area contributed by atoms with Gasteiger partial charge in [0.05, 0.1) is 5.92 Å². The van der Waals surface area contributed by atoms with Gasteiger partial charge in [0.25, 0.3) is 0 Å². The van der Waals surface area contributed by atoms with Crippen LogP contribution in [0.2, 0.25) is 0 Å². The van der Waals surface area contributed by atoms with Gasteiger partial charge >= 0.3 is 0 Å². The molecule has 0 N–H and O–H groups in total. The summed E-state index contributed by atoms with van der Waals surface area (Å²) in [4.78, 5) is 16.6. The van der Waals surface area contributed by atoms with Gasteiger partial charge in [-0.2, -0.15) is 0 Å². The maximum absolute atomic E-state index is 11.9. The lowest BCUT2D eigenvalue weighted by Gasteiger charge is -2.22. The van der Waals surface area contributed by atoms with Crippen molar-refractivity contribution in [2.75, 3.05) is 6.54 Å². The Hall–Kier alpha value is -0.660. The molecule has 16 heavy (non-hydrogen) atoms. The van der Waals surface area contributed by atoms with Crippen LogP contribution in [0.15, 0.2) is 4.99 Å². The van der Waals surface area contributed by atoms with Crippen LogP contribution in [0, 0.1) is 5.92 Å². The highest BCUT2D eigenvalue weighted by Crippen LogP contribution is 2.25. The molecule has 0 aromatic rings. The van der Waals surface area contributed by atoms with Crippen LogP contribution in [-0.2, 0) is 4.79 Å². The van der Waals surface area contributed by atoms with E-state index in [1.54, 1.807) is 0 Å². The van der Waals surface area contributed by atoms with Crippen LogP contribution < -0.4 is 0 Å². The maximum Gasteiger partial charge on any atom is 0.141 e. The van der Waals surface area contributed by atoms with Crippen molar-refractivity contribution in [1.29, 1.82) is 0 Å². The fourth-order valence-corrected chi connectivity index (χ4v) is 2.87. The molecule has 0 spiro atoms. The minimum absolute atomic E-state index is 0.201. The standard InChI is InChI=1S/C14H23NO/c16-14-10-6-5-8-12(14)13-9-4-2-1-3-7-11-15-13/h12H,1-11H2. The lowest BCUT2D eigenvalue weighted by atomic mass is 9.83. The molecule has 0 saturated heterocycles. The third-order valence-corrected chi connectivity index (χ3v) is 3.86. The molecule has 0 aromatic heterocycles. The number of Topliss-reactive ketones (excluding diaryl/α,β-unsaturated/α-hetero) is 1. The SMILES string of the molecule is O=C1CCCCC1C1=NCCCCCCC1. The smallest absolute Gasteiger partial charge is 0.141 e. The summed E-state index contributed by atoms with van der Waals surface area (Å²) in [6.07, 6.45) is 11.7. The zero-order valence-electron chi connectivity index (χ0n) is 10.2. The monoisotopic (exact) mass is 221 g/mol. The Kier molecular flexibility index (Phi) is 4.55. The Morgan fingerprint density at radius 3 is 2.50 bits per heavy atom. The van der Waals surface area contributed by atoms with Crippen molar-refractivity contribution in [1.82, 2.24) is 0 Å². The van der Waals surface area contributed by atoms with E-state index in [4.69, 9.17) is 4.99 Å². The van der Waals surface area contributed by atoms with Gasteiger partial charge in [-0.15, -0.1) is 0 Å². The zero-order valence-corrected chi connectivity index (χ0v) is 10.2. The van der Waals surface area contributed by atoms with Gasteiger partial charge in [-0.3, -0.25) is 9.79 Å². The Bertz CT molecular complexity index is 270. The second-order valence-corrected chi connectivity index (χ2v) is 5.16. The molecule has 1 atom stereocenters. The van der Waals surface area contributed by atoms with Gasteiger partial charge in [0.2, 0.25) is 0 Å². The van der Waals surface area contributed by atoms with Gasteiger partial charge < -0.3 is 0 Å². The molecule has 2 aliphatic rings. The van der Waals surface area contributed by atoms with E-state index in [9.17, 15) is 4.79 Å². The number of ketones is 1. The quantitative estimate of drug-likeness (QED) is 0.666. The van der Waals surface area contributed by atoms with Gasteiger partial charge in [0, 0.05) is 18.7 Å². The summed E-state index contributed by atoms with van der Waals surface area (Å²) in [5.41, 5.74) is 1.24. The van der Waals surface area contributed by atoms with E-state index in [2.05, 4.69) is 0 Å². The average molecular weight is 221 g/mol. The van der Waals surface area contributed by atoms with Crippen LogP contribution in [0.25, 0.3) is 0 Å². The molecule has 2 rings (SSSR count). The third kappa shape index (κ3) is 3.16. The van der Waals surface area contributed by atoms with Gasteiger partial charge in [0.15, 0.2) is 0 Å². The number of carbonyl (C=O) groups excluding carboxylic acids is 1. The van der Waals surface area contributed by atoms with E-state index in [1.807, 2.05) is 0 Å². The number of aliphatic imine (C=N–C) groups is 1. The summed E-state index contributed by atoms with van der Waals surface area (Å²) in [7, 11) is 0. The lowest BCUT2D eigenvalue weighted by Crippen LogP contribution is -2.27. The van der Waals surface area contributed by atoms with E-state index in [1.165, 1.54) is 44.2 Å². The molecule has 1 heterocycles. The number of nitrogens with zero attached hydrogens (tertiary/aromatic N) is 1. The molecular weight excluding hydrogens is 198 g/mol. The first-order valence-electron chi connectivity index (χ1n) is 6.94. The van der Waals surface area contributed by atoms with E-state index >= 15 is 0 Å². The first kappa shape index (κ1) is 11.8. The van der Waals surface area contributed by atoms with Gasteiger partial charge in [0.1, 0.15) is 5.78 Å². The molecule has 90 valence electrons. The highest BCUT2D eigenvalue weighted by Gasteiger charge is 2.26. The molecule has 1 aliphatic heterocycles. The van der Waals surface area contributed by atoms with Crippen molar-refractivity contribution in [2.24, 2.45) is 10.9 Å². The van der Waals surface area contributed by atoms with Gasteiger partial charge in [-0.1, -0.05) is 25.7 Å². The molecule has 0 amide bonds. The average Bonchev–Trinajstić information content (AvgIpc) is 2.43.